The fourth-order valence-corrected chi connectivity index (χ4v) is 2.63. The third-order valence-electron chi connectivity index (χ3n) is 3.71. The second kappa shape index (κ2) is 6.84. The molecule has 0 spiro atoms. The molecule has 1 heterocycles. The molecule has 3 aromatic rings. The fourth-order valence-electron chi connectivity index (χ4n) is 2.46. The van der Waals surface area contributed by atoms with E-state index in [0.29, 0.717) is 34.5 Å². The van der Waals surface area contributed by atoms with Crippen molar-refractivity contribution in [2.24, 2.45) is 0 Å². The first kappa shape index (κ1) is 16.2. The van der Waals surface area contributed by atoms with Crippen molar-refractivity contribution in [3.63, 3.8) is 0 Å². The minimum Gasteiger partial charge on any atom is -0.360 e. The molecule has 1 aromatic heterocycles. The standard InChI is InChI=1S/C18H14ClFN2O2/c19-12-3-6-14-15(10-22-16(14)9-12)17(23)18(24)21-8-7-11-1-4-13(20)5-2-11/h1-6,9-10,22H,7-8H2,(H,21,24). The second-order valence-corrected chi connectivity index (χ2v) is 5.79. The Morgan fingerprint density at radius 1 is 1.12 bits per heavy atom. The molecule has 2 N–H and O–H groups in total. The van der Waals surface area contributed by atoms with E-state index in [1.165, 1.54) is 18.3 Å². The number of fused-ring (bicyclic) bond motifs is 1. The molecule has 0 radical (unpaired) electrons. The summed E-state index contributed by atoms with van der Waals surface area (Å²) in [5.74, 6) is -1.59. The van der Waals surface area contributed by atoms with Gasteiger partial charge in [0.2, 0.25) is 0 Å². The normalized spacial score (nSPS) is 10.8. The van der Waals surface area contributed by atoms with Crippen LogP contribution < -0.4 is 5.32 Å². The van der Waals surface area contributed by atoms with Gasteiger partial charge >= 0.3 is 0 Å². The molecule has 24 heavy (non-hydrogen) atoms. The Kier molecular flexibility index (Phi) is 4.62. The van der Waals surface area contributed by atoms with Gasteiger partial charge in [-0.1, -0.05) is 29.8 Å². The van der Waals surface area contributed by atoms with Gasteiger partial charge < -0.3 is 10.3 Å². The number of hydrogen-bond acceptors (Lipinski definition) is 2. The van der Waals surface area contributed by atoms with E-state index in [0.717, 1.165) is 5.56 Å². The molecule has 0 atom stereocenters. The minimum atomic E-state index is -0.673. The molecule has 4 nitrogen and oxygen atoms in total. The Balaban J connectivity index is 1.63. The van der Waals surface area contributed by atoms with Crippen molar-refractivity contribution in [3.8, 4) is 0 Å². The number of aromatic nitrogens is 1. The maximum absolute atomic E-state index is 12.8. The lowest BCUT2D eigenvalue weighted by molar-refractivity contribution is -0.116. The number of nitrogens with one attached hydrogen (secondary N) is 2. The quantitative estimate of drug-likeness (QED) is 0.549. The number of benzene rings is 2. The van der Waals surface area contributed by atoms with E-state index < -0.39 is 11.7 Å². The summed E-state index contributed by atoms with van der Waals surface area (Å²) in [6, 6.07) is 11.1. The van der Waals surface area contributed by atoms with Gasteiger partial charge in [0.1, 0.15) is 5.82 Å². The number of hydrogen-bond donors (Lipinski definition) is 2. The molecule has 122 valence electrons. The van der Waals surface area contributed by atoms with Crippen LogP contribution in [0.3, 0.4) is 0 Å². The molecule has 0 unspecified atom stereocenters. The summed E-state index contributed by atoms with van der Waals surface area (Å²) in [5, 5.41) is 3.79. The van der Waals surface area contributed by atoms with Crippen molar-refractivity contribution >= 4 is 34.2 Å². The highest BCUT2D eigenvalue weighted by atomic mass is 35.5. The Morgan fingerprint density at radius 3 is 2.62 bits per heavy atom. The molecule has 0 aliphatic carbocycles. The van der Waals surface area contributed by atoms with Gasteiger partial charge in [0.15, 0.2) is 0 Å². The summed E-state index contributed by atoms with van der Waals surface area (Å²) >= 11 is 5.90. The minimum absolute atomic E-state index is 0.296. The number of amides is 1. The molecular formula is C18H14ClFN2O2. The van der Waals surface area contributed by atoms with E-state index in [4.69, 9.17) is 11.6 Å². The fraction of sp³-hybridized carbons (Fsp3) is 0.111. The van der Waals surface area contributed by atoms with E-state index in [1.807, 2.05) is 0 Å². The SMILES string of the molecule is O=C(NCCc1ccc(F)cc1)C(=O)c1c[nH]c2cc(Cl)ccc12. The van der Waals surface area contributed by atoms with Gasteiger partial charge in [-0.2, -0.15) is 0 Å². The zero-order valence-corrected chi connectivity index (χ0v) is 13.4. The lowest BCUT2D eigenvalue weighted by atomic mass is 10.1. The van der Waals surface area contributed by atoms with Crippen molar-refractivity contribution in [2.45, 2.75) is 6.42 Å². The molecule has 0 fully saturated rings. The number of halogens is 2. The van der Waals surface area contributed by atoms with Crippen LogP contribution in [0.1, 0.15) is 15.9 Å². The molecule has 3 rings (SSSR count). The van der Waals surface area contributed by atoms with Gasteiger partial charge in [0.05, 0.1) is 5.56 Å². The number of H-pyrrole nitrogens is 1. The molecule has 0 saturated heterocycles. The van der Waals surface area contributed by atoms with Crippen LogP contribution in [0, 0.1) is 5.82 Å². The van der Waals surface area contributed by atoms with Crippen LogP contribution in [0.5, 0.6) is 0 Å². The van der Waals surface area contributed by atoms with Crippen LogP contribution in [-0.4, -0.2) is 23.2 Å². The summed E-state index contributed by atoms with van der Waals surface area (Å²) in [5.41, 5.74) is 1.89. The number of rotatable bonds is 5. The molecule has 0 saturated carbocycles. The van der Waals surface area contributed by atoms with Gasteiger partial charge in [-0.15, -0.1) is 0 Å². The van der Waals surface area contributed by atoms with Crippen LogP contribution in [0.15, 0.2) is 48.7 Å². The van der Waals surface area contributed by atoms with Crippen LogP contribution >= 0.6 is 11.6 Å². The van der Waals surface area contributed by atoms with Gasteiger partial charge in [0, 0.05) is 28.7 Å². The molecule has 0 aliphatic heterocycles. The van der Waals surface area contributed by atoms with E-state index in [-0.39, 0.29) is 5.82 Å². The highest BCUT2D eigenvalue weighted by Gasteiger charge is 2.19. The van der Waals surface area contributed by atoms with E-state index >= 15 is 0 Å². The topological polar surface area (TPSA) is 62.0 Å². The predicted molar refractivity (Wildman–Crippen MR) is 90.8 cm³/mol. The number of aromatic amines is 1. The summed E-state index contributed by atoms with van der Waals surface area (Å²) in [4.78, 5) is 27.2. The monoisotopic (exact) mass is 344 g/mol. The van der Waals surface area contributed by atoms with Crippen molar-refractivity contribution in [3.05, 3.63) is 70.6 Å². The van der Waals surface area contributed by atoms with Gasteiger partial charge in [-0.3, -0.25) is 9.59 Å². The third-order valence-corrected chi connectivity index (χ3v) is 3.94. The third kappa shape index (κ3) is 3.46. The molecule has 1 amide bonds. The first-order chi connectivity index (χ1) is 11.5. The molecule has 0 aliphatic rings. The first-order valence-electron chi connectivity index (χ1n) is 7.38. The zero-order chi connectivity index (χ0) is 17.1. The number of ketones is 1. The maximum Gasteiger partial charge on any atom is 0.292 e. The summed E-state index contributed by atoms with van der Waals surface area (Å²) < 4.78 is 12.8. The van der Waals surface area contributed by atoms with Crippen LogP contribution in [-0.2, 0) is 11.2 Å². The van der Waals surface area contributed by atoms with Gasteiger partial charge in [0.25, 0.3) is 11.7 Å². The molecular weight excluding hydrogens is 331 g/mol. The van der Waals surface area contributed by atoms with Gasteiger partial charge in [-0.25, -0.2) is 4.39 Å². The largest absolute Gasteiger partial charge is 0.360 e. The summed E-state index contributed by atoms with van der Waals surface area (Å²) in [6.45, 7) is 0.296. The van der Waals surface area contributed by atoms with Crippen molar-refractivity contribution < 1.29 is 14.0 Å². The second-order valence-electron chi connectivity index (χ2n) is 5.35. The lowest BCUT2D eigenvalue weighted by Gasteiger charge is -2.04. The zero-order valence-electron chi connectivity index (χ0n) is 12.6. The average Bonchev–Trinajstić information content (AvgIpc) is 2.98. The molecule has 6 heteroatoms. The Labute approximate surface area is 142 Å². The number of carbonyl (C=O) groups excluding carboxylic acids is 2. The lowest BCUT2D eigenvalue weighted by Crippen LogP contribution is -2.32. The Bertz CT molecular complexity index is 903. The van der Waals surface area contributed by atoms with Crippen LogP contribution in [0.25, 0.3) is 10.9 Å². The smallest absolute Gasteiger partial charge is 0.292 e. The van der Waals surface area contributed by atoms with E-state index in [2.05, 4.69) is 10.3 Å². The summed E-state index contributed by atoms with van der Waals surface area (Å²) in [6.07, 6.45) is 2.02. The highest BCUT2D eigenvalue weighted by molar-refractivity contribution is 6.45. The first-order valence-corrected chi connectivity index (χ1v) is 7.76. The van der Waals surface area contributed by atoms with Crippen LogP contribution in [0.2, 0.25) is 5.02 Å². The van der Waals surface area contributed by atoms with Crippen LogP contribution in [0.4, 0.5) is 4.39 Å². The number of carbonyl (C=O) groups is 2. The van der Waals surface area contributed by atoms with Crippen molar-refractivity contribution in [1.29, 1.82) is 0 Å². The number of Topliss-reactive ketones (excluding diaryl/α,β-unsaturated/α-hetero) is 1. The van der Waals surface area contributed by atoms with Crippen molar-refractivity contribution in [1.82, 2.24) is 10.3 Å². The average molecular weight is 345 g/mol. The van der Waals surface area contributed by atoms with Gasteiger partial charge in [-0.05, 0) is 36.2 Å². The van der Waals surface area contributed by atoms with E-state index in [9.17, 15) is 14.0 Å². The highest BCUT2D eigenvalue weighted by Crippen LogP contribution is 2.22. The molecule has 0 bridgehead atoms. The molecule has 2 aromatic carbocycles. The van der Waals surface area contributed by atoms with Crippen molar-refractivity contribution in [2.75, 3.05) is 6.54 Å². The maximum atomic E-state index is 12.8. The Hall–Kier alpha value is -2.66. The Morgan fingerprint density at radius 2 is 1.88 bits per heavy atom. The summed E-state index contributed by atoms with van der Waals surface area (Å²) in [7, 11) is 0. The predicted octanol–water partition coefficient (Wildman–Crippen LogP) is 3.50. The van der Waals surface area contributed by atoms with E-state index in [1.54, 1.807) is 30.3 Å².